The van der Waals surface area contributed by atoms with E-state index in [2.05, 4.69) is 20.9 Å². The van der Waals surface area contributed by atoms with E-state index in [9.17, 15) is 18.4 Å². The van der Waals surface area contributed by atoms with E-state index in [1.165, 1.54) is 0 Å². The second kappa shape index (κ2) is 10.8. The largest absolute Gasteiger partial charge is 0.339 e. The molecule has 7 nitrogen and oxygen atoms in total. The van der Waals surface area contributed by atoms with Crippen LogP contribution in [0.15, 0.2) is 48.7 Å². The maximum absolute atomic E-state index is 13.9. The Bertz CT molecular complexity index is 1310. The normalized spacial score (nSPS) is 17.9. The van der Waals surface area contributed by atoms with E-state index >= 15 is 0 Å². The Kier molecular flexibility index (Phi) is 7.49. The highest BCUT2D eigenvalue weighted by molar-refractivity contribution is 6.33. The average Bonchev–Trinajstić information content (AvgIpc) is 3.33. The number of carbonyl (C=O) groups is 2. The summed E-state index contributed by atoms with van der Waals surface area (Å²) in [6.07, 6.45) is 1.34. The molecular formula is C28H30ClF2N5O2. The molecule has 2 aliphatic rings. The molecule has 1 aliphatic carbocycles. The first kappa shape index (κ1) is 26.3. The van der Waals surface area contributed by atoms with E-state index < -0.39 is 23.8 Å². The highest BCUT2D eigenvalue weighted by Gasteiger charge is 2.40. The van der Waals surface area contributed by atoms with Crippen LogP contribution in [0.4, 0.5) is 14.5 Å². The predicted octanol–water partition coefficient (Wildman–Crippen LogP) is 5.18. The van der Waals surface area contributed by atoms with Gasteiger partial charge in [-0.05, 0) is 61.6 Å². The number of nitrogens with one attached hydrogen (secondary N) is 3. The number of hydrogen-bond donors (Lipinski definition) is 3. The van der Waals surface area contributed by atoms with Crippen LogP contribution in [-0.4, -0.2) is 39.9 Å². The summed E-state index contributed by atoms with van der Waals surface area (Å²) in [5, 5.41) is 9.59. The molecular weight excluding hydrogens is 512 g/mol. The standard InChI is InChI=1S/C28H30ClF2N5O2/c1-17-24(22(29)10-13-33-17)18-2-4-20(5-3-18)34-27(38)25(19-8-11-28(30,31)12-9-19)35-26(37)23-7-6-21-16-32-14-15-36(21)23/h2-7,10,13,19,25,32H,8-9,11-12,14-16H2,1H3,(H,34,38)(H,35,37). The number of fused-ring (bicyclic) bond motifs is 1. The van der Waals surface area contributed by atoms with Gasteiger partial charge in [-0.3, -0.25) is 14.6 Å². The van der Waals surface area contributed by atoms with Crippen LogP contribution >= 0.6 is 11.6 Å². The third-order valence-corrected chi connectivity index (χ3v) is 7.77. The highest BCUT2D eigenvalue weighted by atomic mass is 35.5. The van der Waals surface area contributed by atoms with Crippen molar-refractivity contribution < 1.29 is 18.4 Å². The Hall–Kier alpha value is -3.30. The fraction of sp³-hybridized carbons (Fsp3) is 0.393. The molecule has 0 spiro atoms. The number of hydrogen-bond acceptors (Lipinski definition) is 4. The number of nitrogens with zero attached hydrogens (tertiary/aromatic N) is 2. The summed E-state index contributed by atoms with van der Waals surface area (Å²) < 4.78 is 29.7. The number of carbonyl (C=O) groups excluding carboxylic acids is 2. The Morgan fingerprint density at radius 2 is 1.87 bits per heavy atom. The van der Waals surface area contributed by atoms with Crippen LogP contribution in [-0.2, 0) is 17.9 Å². The van der Waals surface area contributed by atoms with Crippen LogP contribution in [0.25, 0.3) is 11.1 Å². The zero-order valence-corrected chi connectivity index (χ0v) is 21.8. The molecule has 1 saturated carbocycles. The third kappa shape index (κ3) is 5.59. The number of alkyl halides is 2. The van der Waals surface area contributed by atoms with Crippen LogP contribution in [0, 0.1) is 12.8 Å². The minimum Gasteiger partial charge on any atom is -0.339 e. The molecule has 1 atom stereocenters. The smallest absolute Gasteiger partial charge is 0.268 e. The van der Waals surface area contributed by atoms with Crippen molar-refractivity contribution in [2.75, 3.05) is 11.9 Å². The van der Waals surface area contributed by atoms with Crippen molar-refractivity contribution in [1.82, 2.24) is 20.2 Å². The molecule has 1 aliphatic heterocycles. The van der Waals surface area contributed by atoms with Crippen molar-refractivity contribution in [3.05, 3.63) is 70.8 Å². The number of pyridine rings is 1. The molecule has 3 heterocycles. The summed E-state index contributed by atoms with van der Waals surface area (Å²) in [6.45, 7) is 3.92. The van der Waals surface area contributed by atoms with Gasteiger partial charge in [-0.1, -0.05) is 23.7 Å². The SMILES string of the molecule is Cc1nccc(Cl)c1-c1ccc(NC(=O)C(NC(=O)c2ccc3n2CCNC3)C2CCC(F)(F)CC2)cc1. The van der Waals surface area contributed by atoms with Crippen molar-refractivity contribution in [3.8, 4) is 11.1 Å². The van der Waals surface area contributed by atoms with Crippen molar-refractivity contribution >= 4 is 29.1 Å². The second-order valence-electron chi connectivity index (χ2n) is 10.0. The van der Waals surface area contributed by atoms with Crippen molar-refractivity contribution in [2.45, 2.75) is 57.7 Å². The number of amides is 2. The molecule has 2 amide bonds. The second-order valence-corrected chi connectivity index (χ2v) is 10.4. The van der Waals surface area contributed by atoms with Gasteiger partial charge in [0.1, 0.15) is 11.7 Å². The topological polar surface area (TPSA) is 88.1 Å². The fourth-order valence-corrected chi connectivity index (χ4v) is 5.67. The number of aryl methyl sites for hydroxylation is 1. The Labute approximate surface area is 225 Å². The summed E-state index contributed by atoms with van der Waals surface area (Å²) >= 11 is 6.36. The fourth-order valence-electron chi connectivity index (χ4n) is 5.36. The first-order valence-corrected chi connectivity index (χ1v) is 13.2. The summed E-state index contributed by atoms with van der Waals surface area (Å²) in [5.41, 5.74) is 4.44. The molecule has 0 bridgehead atoms. The molecule has 0 saturated heterocycles. The van der Waals surface area contributed by atoms with E-state index in [4.69, 9.17) is 11.6 Å². The summed E-state index contributed by atoms with van der Waals surface area (Å²) in [4.78, 5) is 31.0. The maximum Gasteiger partial charge on any atom is 0.268 e. The van der Waals surface area contributed by atoms with Crippen LogP contribution in [0.2, 0.25) is 5.02 Å². The third-order valence-electron chi connectivity index (χ3n) is 7.46. The number of halogens is 3. The van der Waals surface area contributed by atoms with Gasteiger partial charge in [-0.25, -0.2) is 8.78 Å². The lowest BCUT2D eigenvalue weighted by molar-refractivity contribution is -0.121. The zero-order chi connectivity index (χ0) is 26.9. The molecule has 3 aromatic rings. The molecule has 10 heteroatoms. The number of anilines is 1. The minimum absolute atomic E-state index is 0.152. The molecule has 1 aromatic carbocycles. The van der Waals surface area contributed by atoms with Gasteiger partial charge in [0.25, 0.3) is 5.91 Å². The lowest BCUT2D eigenvalue weighted by Crippen LogP contribution is -2.50. The molecule has 1 fully saturated rings. The highest BCUT2D eigenvalue weighted by Crippen LogP contribution is 2.38. The van der Waals surface area contributed by atoms with Gasteiger partial charge in [0.15, 0.2) is 0 Å². The van der Waals surface area contributed by atoms with Crippen molar-refractivity contribution in [3.63, 3.8) is 0 Å². The lowest BCUT2D eigenvalue weighted by Gasteiger charge is -2.33. The molecule has 1 unspecified atom stereocenters. The number of rotatable bonds is 6. The molecule has 0 radical (unpaired) electrons. The summed E-state index contributed by atoms with van der Waals surface area (Å²) in [7, 11) is 0. The Balaban J connectivity index is 1.35. The average molecular weight is 542 g/mol. The van der Waals surface area contributed by atoms with Gasteiger partial charge in [0.2, 0.25) is 11.8 Å². The predicted molar refractivity (Wildman–Crippen MR) is 142 cm³/mol. The van der Waals surface area contributed by atoms with Gasteiger partial charge in [0.05, 0.1) is 5.02 Å². The van der Waals surface area contributed by atoms with Gasteiger partial charge in [0, 0.05) is 61.3 Å². The van der Waals surface area contributed by atoms with Crippen molar-refractivity contribution in [1.29, 1.82) is 0 Å². The first-order chi connectivity index (χ1) is 18.2. The van der Waals surface area contributed by atoms with Gasteiger partial charge < -0.3 is 20.5 Å². The monoisotopic (exact) mass is 541 g/mol. The van der Waals surface area contributed by atoms with E-state index in [-0.39, 0.29) is 31.6 Å². The Morgan fingerprint density at radius 1 is 1.13 bits per heavy atom. The summed E-state index contributed by atoms with van der Waals surface area (Å²) in [5.74, 6) is -3.94. The van der Waals surface area contributed by atoms with Crippen LogP contribution in [0.1, 0.15) is 47.6 Å². The van der Waals surface area contributed by atoms with Crippen LogP contribution in [0.5, 0.6) is 0 Å². The first-order valence-electron chi connectivity index (χ1n) is 12.8. The van der Waals surface area contributed by atoms with Gasteiger partial charge in [-0.15, -0.1) is 0 Å². The lowest BCUT2D eigenvalue weighted by atomic mass is 9.81. The van der Waals surface area contributed by atoms with E-state index in [0.29, 0.717) is 29.5 Å². The molecule has 200 valence electrons. The quantitative estimate of drug-likeness (QED) is 0.401. The van der Waals surface area contributed by atoms with Crippen molar-refractivity contribution in [2.24, 2.45) is 5.92 Å². The van der Waals surface area contributed by atoms with Crippen LogP contribution < -0.4 is 16.0 Å². The number of benzene rings is 1. The molecule has 3 N–H and O–H groups in total. The van der Waals surface area contributed by atoms with E-state index in [0.717, 1.165) is 29.1 Å². The van der Waals surface area contributed by atoms with Gasteiger partial charge >= 0.3 is 0 Å². The number of aromatic nitrogens is 2. The Morgan fingerprint density at radius 3 is 2.58 bits per heavy atom. The summed E-state index contributed by atoms with van der Waals surface area (Å²) in [6, 6.07) is 11.6. The molecule has 38 heavy (non-hydrogen) atoms. The van der Waals surface area contributed by atoms with E-state index in [1.54, 1.807) is 30.5 Å². The zero-order valence-electron chi connectivity index (χ0n) is 21.1. The maximum atomic E-state index is 13.9. The molecule has 2 aromatic heterocycles. The van der Waals surface area contributed by atoms with E-state index in [1.807, 2.05) is 29.7 Å². The van der Waals surface area contributed by atoms with Gasteiger partial charge in [-0.2, -0.15) is 0 Å². The molecule has 5 rings (SSSR count). The van der Waals surface area contributed by atoms with Crippen LogP contribution in [0.3, 0.4) is 0 Å². The minimum atomic E-state index is -2.74.